The molecule has 8 nitrogen and oxygen atoms in total. The molecule has 0 spiro atoms. The predicted molar refractivity (Wildman–Crippen MR) is 114 cm³/mol. The lowest BCUT2D eigenvalue weighted by molar-refractivity contribution is -0.168. The minimum atomic E-state index is -0.551. The molecule has 2 unspecified atom stereocenters. The average Bonchev–Trinajstić information content (AvgIpc) is 3.16. The summed E-state index contributed by atoms with van der Waals surface area (Å²) in [6.07, 6.45) is -0.969. The van der Waals surface area contributed by atoms with E-state index in [1.54, 1.807) is 11.0 Å². The SMILES string of the molecule is [B]c1ccc(-c2noc([C@@H](C)OC3C4COCC3CN(C(=O)OC(C)(C)C)C4)n2)c(F)c1. The summed E-state index contributed by atoms with van der Waals surface area (Å²) in [4.78, 5) is 18.6. The van der Waals surface area contributed by atoms with Crippen LogP contribution in [0.25, 0.3) is 11.4 Å². The predicted octanol–water partition coefficient (Wildman–Crippen LogP) is 2.63. The van der Waals surface area contributed by atoms with E-state index in [2.05, 4.69) is 10.1 Å². The first-order valence-corrected chi connectivity index (χ1v) is 10.7. The fraction of sp³-hybridized carbons (Fsp3) is 0.591. The molecule has 1 aromatic heterocycles. The molecule has 2 fully saturated rings. The molecule has 2 saturated heterocycles. The van der Waals surface area contributed by atoms with Crippen LogP contribution in [-0.2, 0) is 14.2 Å². The third kappa shape index (κ3) is 4.96. The lowest BCUT2D eigenvalue weighted by Gasteiger charge is -2.47. The Kier molecular flexibility index (Phi) is 6.27. The number of likely N-dealkylation sites (tertiary alicyclic amines) is 1. The molecular formula is C22H27BFN3O5. The Morgan fingerprint density at radius 2 is 1.97 bits per heavy atom. The van der Waals surface area contributed by atoms with Crippen molar-refractivity contribution in [3.05, 3.63) is 29.9 Å². The Bertz CT molecular complexity index is 965. The molecule has 1 aromatic carbocycles. The second-order valence-corrected chi connectivity index (χ2v) is 9.38. The van der Waals surface area contributed by atoms with E-state index in [4.69, 9.17) is 26.6 Å². The third-order valence-corrected chi connectivity index (χ3v) is 5.54. The van der Waals surface area contributed by atoms with Crippen molar-refractivity contribution in [1.82, 2.24) is 15.0 Å². The monoisotopic (exact) mass is 443 g/mol. The van der Waals surface area contributed by atoms with Crippen molar-refractivity contribution in [2.24, 2.45) is 11.8 Å². The van der Waals surface area contributed by atoms with Crippen LogP contribution in [0.1, 0.15) is 39.7 Å². The molecule has 3 atom stereocenters. The minimum absolute atomic E-state index is 0.00518. The molecule has 2 radical (unpaired) electrons. The highest BCUT2D eigenvalue weighted by Gasteiger charge is 2.44. The highest BCUT2D eigenvalue weighted by molar-refractivity contribution is 6.32. The topological polar surface area (TPSA) is 86.9 Å². The maximum Gasteiger partial charge on any atom is 0.410 e. The molecular weight excluding hydrogens is 416 g/mol. The van der Waals surface area contributed by atoms with Crippen LogP contribution >= 0.6 is 0 Å². The van der Waals surface area contributed by atoms with Gasteiger partial charge in [-0.3, -0.25) is 0 Å². The van der Waals surface area contributed by atoms with Crippen LogP contribution in [-0.4, -0.2) is 67.0 Å². The normalized spacial score (nSPS) is 24.3. The van der Waals surface area contributed by atoms with Gasteiger partial charge in [0.2, 0.25) is 5.82 Å². The summed E-state index contributed by atoms with van der Waals surface area (Å²) in [5.74, 6) is -0.142. The molecule has 0 N–H and O–H groups in total. The Morgan fingerprint density at radius 1 is 1.28 bits per heavy atom. The third-order valence-electron chi connectivity index (χ3n) is 5.54. The van der Waals surface area contributed by atoms with Crippen LogP contribution in [0.3, 0.4) is 0 Å². The molecule has 1 amide bonds. The number of aromatic nitrogens is 2. The number of benzene rings is 1. The fourth-order valence-electron chi connectivity index (χ4n) is 4.11. The van der Waals surface area contributed by atoms with Crippen molar-refractivity contribution in [3.8, 4) is 11.4 Å². The first-order valence-electron chi connectivity index (χ1n) is 10.7. The van der Waals surface area contributed by atoms with Gasteiger partial charge in [-0.15, -0.1) is 0 Å². The number of hydrogen-bond donors (Lipinski definition) is 0. The second kappa shape index (κ2) is 8.82. The number of hydrogen-bond acceptors (Lipinski definition) is 7. The van der Waals surface area contributed by atoms with Gasteiger partial charge < -0.3 is 23.6 Å². The van der Waals surface area contributed by atoms with Gasteiger partial charge in [-0.2, -0.15) is 4.98 Å². The van der Waals surface area contributed by atoms with Gasteiger partial charge >= 0.3 is 6.09 Å². The van der Waals surface area contributed by atoms with E-state index in [1.807, 2.05) is 27.7 Å². The van der Waals surface area contributed by atoms with Crippen LogP contribution in [0.2, 0.25) is 0 Å². The highest BCUT2D eigenvalue weighted by Crippen LogP contribution is 2.34. The summed E-state index contributed by atoms with van der Waals surface area (Å²) in [7, 11) is 5.60. The van der Waals surface area contributed by atoms with Gasteiger partial charge in [-0.05, 0) is 39.8 Å². The quantitative estimate of drug-likeness (QED) is 0.672. The molecule has 4 rings (SSSR count). The van der Waals surface area contributed by atoms with Gasteiger partial charge in [0, 0.05) is 24.9 Å². The van der Waals surface area contributed by atoms with Crippen molar-refractivity contribution < 1.29 is 27.9 Å². The van der Waals surface area contributed by atoms with E-state index in [1.165, 1.54) is 12.1 Å². The van der Waals surface area contributed by atoms with Crippen molar-refractivity contribution >= 4 is 19.4 Å². The number of rotatable bonds is 4. The Hall–Kier alpha value is -2.46. The van der Waals surface area contributed by atoms with Crippen molar-refractivity contribution in [2.75, 3.05) is 26.3 Å². The minimum Gasteiger partial charge on any atom is -0.444 e. The number of ether oxygens (including phenoxy) is 3. The van der Waals surface area contributed by atoms with E-state index >= 15 is 0 Å². The maximum atomic E-state index is 14.2. The molecule has 32 heavy (non-hydrogen) atoms. The van der Waals surface area contributed by atoms with Crippen molar-refractivity contribution in [3.63, 3.8) is 0 Å². The smallest absolute Gasteiger partial charge is 0.410 e. The lowest BCUT2D eigenvalue weighted by Crippen LogP contribution is -2.58. The number of halogens is 1. The second-order valence-electron chi connectivity index (χ2n) is 9.38. The van der Waals surface area contributed by atoms with Crippen LogP contribution in [0, 0.1) is 17.7 Å². The Labute approximate surface area is 187 Å². The standard InChI is InChI=1S/C22H27BFN3O5/c1-12(20-25-19(26-32-20)16-6-5-15(23)7-17(16)24)30-18-13-8-27(9-14(18)11-29-10-13)21(28)31-22(2,3)4/h5-7,12-14,18H,8-11H2,1-4H3/t12-,13?,14?,18?/m1/s1. The van der Waals surface area contributed by atoms with Gasteiger partial charge in [0.25, 0.3) is 5.89 Å². The van der Waals surface area contributed by atoms with E-state index in [0.717, 1.165) is 0 Å². The van der Waals surface area contributed by atoms with E-state index in [-0.39, 0.29) is 41.3 Å². The number of nitrogens with zero attached hydrogens (tertiary/aromatic N) is 3. The zero-order valence-electron chi connectivity index (χ0n) is 18.7. The van der Waals surface area contributed by atoms with Crippen LogP contribution in [0.4, 0.5) is 9.18 Å². The first-order chi connectivity index (χ1) is 15.1. The molecule has 10 heteroatoms. The Morgan fingerprint density at radius 3 is 2.59 bits per heavy atom. The summed E-state index contributed by atoms with van der Waals surface area (Å²) >= 11 is 0. The molecule has 2 bridgehead atoms. The molecule has 2 aliphatic heterocycles. The first kappa shape index (κ1) is 22.7. The molecule has 0 aliphatic carbocycles. The summed E-state index contributed by atoms with van der Waals surface area (Å²) < 4.78 is 37.1. The van der Waals surface area contributed by atoms with E-state index < -0.39 is 17.5 Å². The molecule has 0 saturated carbocycles. The summed E-state index contributed by atoms with van der Waals surface area (Å²) in [5, 5.41) is 3.89. The molecule has 2 aromatic rings. The fourth-order valence-corrected chi connectivity index (χ4v) is 4.11. The highest BCUT2D eigenvalue weighted by atomic mass is 19.1. The van der Waals surface area contributed by atoms with Gasteiger partial charge in [0.1, 0.15) is 25.4 Å². The number of fused-ring (bicyclic) bond motifs is 2. The van der Waals surface area contributed by atoms with Crippen LogP contribution in [0.15, 0.2) is 22.7 Å². The van der Waals surface area contributed by atoms with Gasteiger partial charge in [-0.1, -0.05) is 16.7 Å². The summed E-state index contributed by atoms with van der Waals surface area (Å²) in [5.41, 5.74) is -0.0278. The van der Waals surface area contributed by atoms with Crippen LogP contribution < -0.4 is 5.46 Å². The zero-order valence-corrected chi connectivity index (χ0v) is 18.7. The largest absolute Gasteiger partial charge is 0.444 e. The number of amides is 1. The lowest BCUT2D eigenvalue weighted by atomic mass is 9.84. The van der Waals surface area contributed by atoms with Crippen LogP contribution in [0.5, 0.6) is 0 Å². The number of piperidine rings is 1. The summed E-state index contributed by atoms with van der Waals surface area (Å²) in [6.45, 7) is 9.29. The Balaban J connectivity index is 1.43. The van der Waals surface area contributed by atoms with E-state index in [0.29, 0.717) is 31.8 Å². The zero-order chi connectivity index (χ0) is 23.0. The van der Waals surface area contributed by atoms with Gasteiger partial charge in [0.05, 0.1) is 24.9 Å². The number of carbonyl (C=O) groups excluding carboxylic acids is 1. The average molecular weight is 443 g/mol. The van der Waals surface area contributed by atoms with E-state index in [9.17, 15) is 9.18 Å². The molecule has 170 valence electrons. The maximum absolute atomic E-state index is 14.2. The van der Waals surface area contributed by atoms with Crippen molar-refractivity contribution in [2.45, 2.75) is 45.5 Å². The van der Waals surface area contributed by atoms with Gasteiger partial charge in [-0.25, -0.2) is 9.18 Å². The van der Waals surface area contributed by atoms with Crippen molar-refractivity contribution in [1.29, 1.82) is 0 Å². The summed E-state index contributed by atoms with van der Waals surface area (Å²) in [6, 6.07) is 4.30. The molecule has 3 heterocycles. The molecule has 2 aliphatic rings. The number of carbonyl (C=O) groups is 1. The van der Waals surface area contributed by atoms with Gasteiger partial charge in [0.15, 0.2) is 0 Å².